The second kappa shape index (κ2) is 6.14. The van der Waals surface area contributed by atoms with Crippen LogP contribution in [0.15, 0.2) is 16.7 Å². The Morgan fingerprint density at radius 1 is 1.64 bits per heavy atom. The van der Waals surface area contributed by atoms with E-state index in [-0.39, 0.29) is 5.76 Å². The summed E-state index contributed by atoms with van der Waals surface area (Å²) in [4.78, 5) is 10.7. The molecule has 0 radical (unpaired) electrons. The van der Waals surface area contributed by atoms with Gasteiger partial charge in [-0.15, -0.1) is 0 Å². The number of unbranched alkanes of at least 4 members (excludes halogenated alkanes) is 1. The Morgan fingerprint density at radius 2 is 2.43 bits per heavy atom. The van der Waals surface area contributed by atoms with Crippen molar-refractivity contribution in [3.63, 3.8) is 0 Å². The van der Waals surface area contributed by atoms with Gasteiger partial charge in [0.05, 0.1) is 6.26 Å². The lowest BCUT2D eigenvalue weighted by Gasteiger charge is -1.95. The van der Waals surface area contributed by atoms with Crippen LogP contribution in [0, 0.1) is 0 Å². The minimum Gasteiger partial charge on any atom is -0.460 e. The molecule has 0 saturated carbocycles. The third kappa shape index (κ3) is 3.76. The fourth-order valence-corrected chi connectivity index (χ4v) is 2.11. The van der Waals surface area contributed by atoms with Gasteiger partial charge in [0.25, 0.3) is 5.24 Å². The molecule has 1 aromatic heterocycles. The maximum absolute atomic E-state index is 10.7. The molecule has 4 heteroatoms. The molecule has 0 N–H and O–H groups in total. The molecular weight excluding hydrogens is 220 g/mol. The summed E-state index contributed by atoms with van der Waals surface area (Å²) in [5.41, 5.74) is 1.02. The smallest absolute Gasteiger partial charge is 0.287 e. The van der Waals surface area contributed by atoms with E-state index in [1.165, 1.54) is 12.8 Å². The molecule has 0 aromatic carbocycles. The first-order valence-corrected chi connectivity index (χ1v) is 6.12. The van der Waals surface area contributed by atoms with Gasteiger partial charge in [0, 0.05) is 11.3 Å². The number of hydrogen-bond donors (Lipinski definition) is 0. The molecule has 1 aromatic rings. The van der Waals surface area contributed by atoms with E-state index in [9.17, 15) is 4.79 Å². The fourth-order valence-electron chi connectivity index (χ4n) is 0.991. The normalized spacial score (nSPS) is 10.4. The SMILES string of the molecule is CCCCSCc1coc(C(=O)Cl)c1. The highest BCUT2D eigenvalue weighted by atomic mass is 35.5. The van der Waals surface area contributed by atoms with Crippen molar-refractivity contribution >= 4 is 28.6 Å². The average Bonchev–Trinajstić information content (AvgIpc) is 2.61. The van der Waals surface area contributed by atoms with Gasteiger partial charge >= 0.3 is 0 Å². The third-order valence-corrected chi connectivity index (χ3v) is 3.06. The largest absolute Gasteiger partial charge is 0.460 e. The molecule has 0 bridgehead atoms. The van der Waals surface area contributed by atoms with Crippen molar-refractivity contribution in [2.45, 2.75) is 25.5 Å². The van der Waals surface area contributed by atoms with Crippen LogP contribution in [0.25, 0.3) is 0 Å². The van der Waals surface area contributed by atoms with Gasteiger partial charge in [-0.3, -0.25) is 4.79 Å². The van der Waals surface area contributed by atoms with Crippen LogP contribution in [-0.4, -0.2) is 11.0 Å². The van der Waals surface area contributed by atoms with Crippen LogP contribution in [0.4, 0.5) is 0 Å². The second-order valence-corrected chi connectivity index (χ2v) is 4.45. The number of furan rings is 1. The third-order valence-electron chi connectivity index (χ3n) is 1.76. The molecule has 0 aliphatic heterocycles. The summed E-state index contributed by atoms with van der Waals surface area (Å²) in [5, 5.41) is -0.533. The number of halogens is 1. The van der Waals surface area contributed by atoms with Crippen LogP contribution in [-0.2, 0) is 5.75 Å². The highest BCUT2D eigenvalue weighted by Gasteiger charge is 2.07. The van der Waals surface area contributed by atoms with E-state index in [2.05, 4.69) is 6.92 Å². The zero-order chi connectivity index (χ0) is 10.4. The molecule has 0 fully saturated rings. The lowest BCUT2D eigenvalue weighted by Crippen LogP contribution is -1.83. The van der Waals surface area contributed by atoms with Crippen molar-refractivity contribution in [3.8, 4) is 0 Å². The van der Waals surface area contributed by atoms with Crippen LogP contribution in [0.1, 0.15) is 35.9 Å². The fraction of sp³-hybridized carbons (Fsp3) is 0.500. The Morgan fingerprint density at radius 3 is 3.00 bits per heavy atom. The Kier molecular flexibility index (Phi) is 5.12. The number of thioether (sulfide) groups is 1. The van der Waals surface area contributed by atoms with Crippen LogP contribution in [0.5, 0.6) is 0 Å². The first-order chi connectivity index (χ1) is 6.74. The van der Waals surface area contributed by atoms with Gasteiger partial charge < -0.3 is 4.42 Å². The molecule has 2 nitrogen and oxygen atoms in total. The highest BCUT2D eigenvalue weighted by Crippen LogP contribution is 2.17. The molecule has 0 saturated heterocycles. The number of rotatable bonds is 6. The van der Waals surface area contributed by atoms with E-state index in [1.807, 2.05) is 11.8 Å². The summed E-state index contributed by atoms with van der Waals surface area (Å²) in [7, 11) is 0. The Bertz CT molecular complexity index is 296. The molecule has 0 aliphatic carbocycles. The average molecular weight is 233 g/mol. The van der Waals surface area contributed by atoms with Crippen molar-refractivity contribution in [3.05, 3.63) is 23.7 Å². The molecule has 0 spiro atoms. The van der Waals surface area contributed by atoms with Crippen molar-refractivity contribution in [1.29, 1.82) is 0 Å². The van der Waals surface area contributed by atoms with Crippen molar-refractivity contribution in [1.82, 2.24) is 0 Å². The topological polar surface area (TPSA) is 30.2 Å². The molecule has 0 amide bonds. The number of hydrogen-bond acceptors (Lipinski definition) is 3. The standard InChI is InChI=1S/C10H13ClO2S/c1-2-3-4-14-7-8-5-9(10(11)12)13-6-8/h5-6H,2-4,7H2,1H3. The van der Waals surface area contributed by atoms with Crippen LogP contribution < -0.4 is 0 Å². The van der Waals surface area contributed by atoms with E-state index in [1.54, 1.807) is 12.3 Å². The van der Waals surface area contributed by atoms with Crippen molar-refractivity contribution < 1.29 is 9.21 Å². The first kappa shape index (κ1) is 11.7. The molecule has 1 heterocycles. The van der Waals surface area contributed by atoms with E-state index < -0.39 is 5.24 Å². The van der Waals surface area contributed by atoms with Gasteiger partial charge in [0.15, 0.2) is 5.76 Å². The maximum Gasteiger partial charge on any atom is 0.287 e. The minimum absolute atomic E-state index is 0.234. The molecule has 0 atom stereocenters. The van der Waals surface area contributed by atoms with E-state index in [0.717, 1.165) is 17.1 Å². The lowest BCUT2D eigenvalue weighted by atomic mass is 10.3. The van der Waals surface area contributed by atoms with Crippen LogP contribution in [0.3, 0.4) is 0 Å². The highest BCUT2D eigenvalue weighted by molar-refractivity contribution is 7.98. The van der Waals surface area contributed by atoms with Gasteiger partial charge in [-0.25, -0.2) is 0 Å². The molecular formula is C10H13ClO2S. The van der Waals surface area contributed by atoms with Gasteiger partial charge in [-0.1, -0.05) is 13.3 Å². The van der Waals surface area contributed by atoms with Gasteiger partial charge in [-0.05, 0) is 29.8 Å². The van der Waals surface area contributed by atoms with Crippen LogP contribution in [0.2, 0.25) is 0 Å². The Labute approximate surface area is 93.0 Å². The zero-order valence-electron chi connectivity index (χ0n) is 8.09. The quantitative estimate of drug-likeness (QED) is 0.554. The summed E-state index contributed by atoms with van der Waals surface area (Å²) in [6.45, 7) is 2.17. The molecule has 0 unspecified atom stereocenters. The van der Waals surface area contributed by atoms with Gasteiger partial charge in [0.2, 0.25) is 0 Å². The minimum atomic E-state index is -0.533. The molecule has 1 rings (SSSR count). The predicted octanol–water partition coefficient (Wildman–Crippen LogP) is 3.69. The number of carbonyl (C=O) groups excluding carboxylic acids is 1. The summed E-state index contributed by atoms with van der Waals surface area (Å²) >= 11 is 7.10. The van der Waals surface area contributed by atoms with E-state index in [4.69, 9.17) is 16.0 Å². The molecule has 78 valence electrons. The maximum atomic E-state index is 10.7. The van der Waals surface area contributed by atoms with E-state index in [0.29, 0.717) is 0 Å². The first-order valence-electron chi connectivity index (χ1n) is 4.59. The second-order valence-electron chi connectivity index (χ2n) is 3.00. The Balaban J connectivity index is 2.33. The summed E-state index contributed by atoms with van der Waals surface area (Å²) in [5.74, 6) is 2.26. The van der Waals surface area contributed by atoms with Crippen molar-refractivity contribution in [2.24, 2.45) is 0 Å². The Hall–Kier alpha value is -0.410. The lowest BCUT2D eigenvalue weighted by molar-refractivity contribution is 0.105. The monoisotopic (exact) mass is 232 g/mol. The molecule has 14 heavy (non-hydrogen) atoms. The van der Waals surface area contributed by atoms with E-state index >= 15 is 0 Å². The summed E-state index contributed by atoms with van der Waals surface area (Å²) in [6, 6.07) is 1.70. The van der Waals surface area contributed by atoms with Gasteiger partial charge in [-0.2, -0.15) is 11.8 Å². The van der Waals surface area contributed by atoms with Crippen molar-refractivity contribution in [2.75, 3.05) is 5.75 Å². The predicted molar refractivity (Wildman–Crippen MR) is 60.0 cm³/mol. The summed E-state index contributed by atoms with van der Waals surface area (Å²) in [6.07, 6.45) is 4.03. The van der Waals surface area contributed by atoms with Gasteiger partial charge in [0.1, 0.15) is 0 Å². The number of carbonyl (C=O) groups is 1. The van der Waals surface area contributed by atoms with Crippen LogP contribution >= 0.6 is 23.4 Å². The molecule has 0 aliphatic rings. The summed E-state index contributed by atoms with van der Waals surface area (Å²) < 4.78 is 4.99. The zero-order valence-corrected chi connectivity index (χ0v) is 9.66.